The number of nitrogens with one attached hydrogen (secondary N) is 2. The summed E-state index contributed by atoms with van der Waals surface area (Å²) in [6.07, 6.45) is 0.149. The van der Waals surface area contributed by atoms with Crippen LogP contribution in [0.1, 0.15) is 42.9 Å². The van der Waals surface area contributed by atoms with Gasteiger partial charge in [0.05, 0.1) is 17.5 Å². The minimum atomic E-state index is -1.12. The van der Waals surface area contributed by atoms with Crippen molar-refractivity contribution in [2.75, 3.05) is 6.54 Å². The number of carboxylic acids is 2. The van der Waals surface area contributed by atoms with Crippen LogP contribution in [0.5, 0.6) is 0 Å². The number of imidazole rings is 1. The van der Waals surface area contributed by atoms with Gasteiger partial charge in [0.25, 0.3) is 5.91 Å². The third-order valence-electron chi connectivity index (χ3n) is 4.36. The van der Waals surface area contributed by atoms with Crippen LogP contribution in [0.3, 0.4) is 0 Å². The maximum atomic E-state index is 12.2. The number of rotatable bonds is 10. The van der Waals surface area contributed by atoms with E-state index in [0.29, 0.717) is 30.6 Å². The van der Waals surface area contributed by atoms with Crippen molar-refractivity contribution in [2.24, 2.45) is 0 Å². The maximum absolute atomic E-state index is 12.2. The lowest BCUT2D eigenvalue weighted by atomic mass is 10.1. The molecule has 2 aromatic rings. The van der Waals surface area contributed by atoms with Crippen molar-refractivity contribution in [2.45, 2.75) is 45.7 Å². The van der Waals surface area contributed by atoms with Gasteiger partial charge in [-0.05, 0) is 32.0 Å². The average Bonchev–Trinajstić information content (AvgIpc) is 3.02. The molecule has 2 rings (SSSR count). The summed E-state index contributed by atoms with van der Waals surface area (Å²) in [7, 11) is 0. The largest absolute Gasteiger partial charge is 0.481 e. The van der Waals surface area contributed by atoms with Crippen molar-refractivity contribution >= 4 is 34.8 Å². The Hall–Kier alpha value is -3.43. The van der Waals surface area contributed by atoms with Gasteiger partial charge in [-0.1, -0.05) is 0 Å². The Kier molecular flexibility index (Phi) is 7.29. The number of nitrogens with zero attached hydrogens (tertiary/aromatic N) is 2. The van der Waals surface area contributed by atoms with Crippen molar-refractivity contribution in [3.05, 3.63) is 29.6 Å². The average molecular weight is 404 g/mol. The molecule has 0 saturated heterocycles. The lowest BCUT2D eigenvalue weighted by Gasteiger charge is -2.09. The molecule has 0 bridgehead atoms. The summed E-state index contributed by atoms with van der Waals surface area (Å²) in [6.45, 7) is 4.28. The molecular formula is C19H24N4O6. The number of carbonyl (C=O) groups is 4. The lowest BCUT2D eigenvalue weighted by molar-refractivity contribution is -0.139. The Bertz CT molecular complexity index is 936. The minimum Gasteiger partial charge on any atom is -0.481 e. The highest BCUT2D eigenvalue weighted by Crippen LogP contribution is 2.18. The molecule has 0 aliphatic rings. The summed E-state index contributed by atoms with van der Waals surface area (Å²) >= 11 is 0. The van der Waals surface area contributed by atoms with Gasteiger partial charge in [-0.3, -0.25) is 19.2 Å². The number of benzene rings is 1. The van der Waals surface area contributed by atoms with Crippen molar-refractivity contribution in [3.63, 3.8) is 0 Å². The molecule has 1 aromatic heterocycles. The molecule has 0 aliphatic carbocycles. The standard InChI is InChI=1S/C19H24N4O6/c1-3-23-14-5-4-12(18(27)21-11(2)19(28)29)10-13(14)22-15(23)8-9-20-16(24)6-7-17(25)26/h4-5,10-11H,3,6-9H2,1-2H3,(H,20,24)(H,21,27)(H,25,26)(H,28,29). The zero-order valence-corrected chi connectivity index (χ0v) is 16.3. The minimum absolute atomic E-state index is 0.0766. The van der Waals surface area contributed by atoms with E-state index < -0.39 is 23.9 Å². The summed E-state index contributed by atoms with van der Waals surface area (Å²) in [5.74, 6) is -2.26. The number of aliphatic carboxylic acids is 2. The molecule has 0 saturated carbocycles. The van der Waals surface area contributed by atoms with Gasteiger partial charge in [0.2, 0.25) is 5.91 Å². The molecule has 4 N–H and O–H groups in total. The number of hydrogen-bond acceptors (Lipinski definition) is 5. The highest BCUT2D eigenvalue weighted by atomic mass is 16.4. The quantitative estimate of drug-likeness (QED) is 0.457. The highest BCUT2D eigenvalue weighted by Gasteiger charge is 2.17. The summed E-state index contributed by atoms with van der Waals surface area (Å²) in [4.78, 5) is 49.8. The van der Waals surface area contributed by atoms with Crippen LogP contribution < -0.4 is 10.6 Å². The summed E-state index contributed by atoms with van der Waals surface area (Å²) in [5, 5.41) is 22.6. The van der Waals surface area contributed by atoms with E-state index in [0.717, 1.165) is 11.3 Å². The van der Waals surface area contributed by atoms with Crippen LogP contribution in [0.4, 0.5) is 0 Å². The number of carboxylic acid groups (broad SMARTS) is 2. The van der Waals surface area contributed by atoms with Gasteiger partial charge in [0.15, 0.2) is 0 Å². The van der Waals surface area contributed by atoms with Crippen LogP contribution in [0.2, 0.25) is 0 Å². The zero-order valence-electron chi connectivity index (χ0n) is 16.3. The number of fused-ring (bicyclic) bond motifs is 1. The van der Waals surface area contributed by atoms with Crippen LogP contribution in [-0.4, -0.2) is 56.1 Å². The Morgan fingerprint density at radius 3 is 2.52 bits per heavy atom. The van der Waals surface area contributed by atoms with E-state index in [1.165, 1.54) is 6.92 Å². The smallest absolute Gasteiger partial charge is 0.325 e. The number of aromatic nitrogens is 2. The van der Waals surface area contributed by atoms with Crippen molar-refractivity contribution < 1.29 is 29.4 Å². The van der Waals surface area contributed by atoms with E-state index in [2.05, 4.69) is 15.6 Å². The first-order valence-electron chi connectivity index (χ1n) is 9.24. The fraction of sp³-hybridized carbons (Fsp3) is 0.421. The van der Waals surface area contributed by atoms with Crippen LogP contribution in [-0.2, 0) is 27.3 Å². The molecule has 0 spiro atoms. The van der Waals surface area contributed by atoms with E-state index in [1.54, 1.807) is 18.2 Å². The van der Waals surface area contributed by atoms with Gasteiger partial charge in [-0.15, -0.1) is 0 Å². The van der Waals surface area contributed by atoms with E-state index in [1.807, 2.05) is 11.5 Å². The number of carbonyl (C=O) groups excluding carboxylic acids is 2. The first-order chi connectivity index (χ1) is 13.7. The van der Waals surface area contributed by atoms with E-state index in [4.69, 9.17) is 10.2 Å². The Morgan fingerprint density at radius 2 is 1.90 bits per heavy atom. The van der Waals surface area contributed by atoms with Crippen LogP contribution in [0.15, 0.2) is 18.2 Å². The summed E-state index contributed by atoms with van der Waals surface area (Å²) < 4.78 is 1.96. The third kappa shape index (κ3) is 5.77. The molecule has 2 amide bonds. The SMILES string of the molecule is CCn1c(CCNC(=O)CCC(=O)O)nc2cc(C(=O)NC(C)C(=O)O)ccc21. The third-order valence-corrected chi connectivity index (χ3v) is 4.36. The zero-order chi connectivity index (χ0) is 21.6. The molecule has 0 fully saturated rings. The number of amides is 2. The highest BCUT2D eigenvalue weighted by molar-refractivity contribution is 5.99. The first-order valence-corrected chi connectivity index (χ1v) is 9.24. The predicted octanol–water partition coefficient (Wildman–Crippen LogP) is 0.783. The molecule has 10 heteroatoms. The number of aryl methyl sites for hydroxylation is 1. The molecule has 10 nitrogen and oxygen atoms in total. The second-order valence-electron chi connectivity index (χ2n) is 6.50. The monoisotopic (exact) mass is 404 g/mol. The van der Waals surface area contributed by atoms with E-state index in [-0.39, 0.29) is 18.7 Å². The second kappa shape index (κ2) is 9.67. The first kappa shape index (κ1) is 21.9. The molecule has 1 heterocycles. The lowest BCUT2D eigenvalue weighted by Crippen LogP contribution is -2.38. The number of hydrogen-bond donors (Lipinski definition) is 4. The van der Waals surface area contributed by atoms with Crippen LogP contribution in [0, 0.1) is 0 Å². The molecule has 0 aliphatic heterocycles. The molecule has 0 radical (unpaired) electrons. The Balaban J connectivity index is 2.10. The van der Waals surface area contributed by atoms with Gasteiger partial charge in [0.1, 0.15) is 11.9 Å². The molecule has 29 heavy (non-hydrogen) atoms. The summed E-state index contributed by atoms with van der Waals surface area (Å²) in [6, 6.07) is 3.95. The van der Waals surface area contributed by atoms with Gasteiger partial charge < -0.3 is 25.4 Å². The van der Waals surface area contributed by atoms with Gasteiger partial charge in [-0.2, -0.15) is 0 Å². The van der Waals surface area contributed by atoms with Crippen molar-refractivity contribution in [1.29, 1.82) is 0 Å². The van der Waals surface area contributed by atoms with E-state index >= 15 is 0 Å². The van der Waals surface area contributed by atoms with Gasteiger partial charge in [0, 0.05) is 31.5 Å². The topological polar surface area (TPSA) is 151 Å². The fourth-order valence-corrected chi connectivity index (χ4v) is 2.83. The second-order valence-corrected chi connectivity index (χ2v) is 6.50. The molecule has 156 valence electrons. The predicted molar refractivity (Wildman–Crippen MR) is 104 cm³/mol. The van der Waals surface area contributed by atoms with Crippen LogP contribution in [0.25, 0.3) is 11.0 Å². The summed E-state index contributed by atoms with van der Waals surface area (Å²) in [5.41, 5.74) is 1.72. The molecular weight excluding hydrogens is 380 g/mol. The Morgan fingerprint density at radius 1 is 1.17 bits per heavy atom. The van der Waals surface area contributed by atoms with Crippen LogP contribution >= 0.6 is 0 Å². The maximum Gasteiger partial charge on any atom is 0.325 e. The van der Waals surface area contributed by atoms with Gasteiger partial charge >= 0.3 is 11.9 Å². The molecule has 1 aromatic carbocycles. The van der Waals surface area contributed by atoms with Gasteiger partial charge in [-0.25, -0.2) is 4.98 Å². The van der Waals surface area contributed by atoms with E-state index in [9.17, 15) is 19.2 Å². The fourth-order valence-electron chi connectivity index (χ4n) is 2.83. The molecule has 1 unspecified atom stereocenters. The van der Waals surface area contributed by atoms with Crippen molar-refractivity contribution in [1.82, 2.24) is 20.2 Å². The Labute approximate surface area is 166 Å². The molecule has 1 atom stereocenters. The normalized spacial score (nSPS) is 11.8. The van der Waals surface area contributed by atoms with Crippen molar-refractivity contribution in [3.8, 4) is 0 Å².